The van der Waals surface area contributed by atoms with Gasteiger partial charge in [0.25, 0.3) is 0 Å². The fourth-order valence-electron chi connectivity index (χ4n) is 3.65. The minimum Gasteiger partial charge on any atom is -0.0654 e. The largest absolute Gasteiger partial charge is 0.0654 e. The van der Waals surface area contributed by atoms with Crippen LogP contribution in [-0.2, 0) is 0 Å². The highest BCUT2D eigenvalue weighted by Gasteiger charge is 2.08. The molecule has 1 unspecified atom stereocenters. The molecule has 0 saturated carbocycles. The van der Waals surface area contributed by atoms with Gasteiger partial charge in [0.2, 0.25) is 0 Å². The van der Waals surface area contributed by atoms with Gasteiger partial charge in [0.15, 0.2) is 0 Å². The molecule has 0 heteroatoms. The van der Waals surface area contributed by atoms with Crippen molar-refractivity contribution < 1.29 is 0 Å². The predicted molar refractivity (Wildman–Crippen MR) is 108 cm³/mol. The first-order valence-corrected chi connectivity index (χ1v) is 11.1. The second-order valence-electron chi connectivity index (χ2n) is 7.68. The summed E-state index contributed by atoms with van der Waals surface area (Å²) in [5, 5.41) is 0. The van der Waals surface area contributed by atoms with Crippen LogP contribution in [0.5, 0.6) is 0 Å². The van der Waals surface area contributed by atoms with Crippen LogP contribution < -0.4 is 0 Å². The molecule has 1 atom stereocenters. The Morgan fingerprint density at radius 2 is 0.826 bits per heavy atom. The molecule has 0 bridgehead atoms. The van der Waals surface area contributed by atoms with Crippen molar-refractivity contribution in [2.45, 2.75) is 136 Å². The second kappa shape index (κ2) is 20.0. The van der Waals surface area contributed by atoms with Gasteiger partial charge in [0.1, 0.15) is 0 Å². The zero-order chi connectivity index (χ0) is 17.0. The highest BCUT2D eigenvalue weighted by molar-refractivity contribution is 4.62. The summed E-state index contributed by atoms with van der Waals surface area (Å²) >= 11 is 0. The maximum absolute atomic E-state index is 3.96. The lowest BCUT2D eigenvalue weighted by Crippen LogP contribution is -2.01. The molecule has 0 fully saturated rings. The topological polar surface area (TPSA) is 0 Å². The lowest BCUT2D eigenvalue weighted by Gasteiger charge is -2.16. The van der Waals surface area contributed by atoms with Crippen molar-refractivity contribution in [1.82, 2.24) is 0 Å². The number of unbranched alkanes of at least 4 members (excludes halogenated alkanes) is 13. The summed E-state index contributed by atoms with van der Waals surface area (Å²) in [6, 6.07) is 0. The first kappa shape index (κ1) is 23.0. The molecule has 0 aromatic carbocycles. The van der Waals surface area contributed by atoms with Crippen LogP contribution in [-0.4, -0.2) is 0 Å². The molecular weight excluding hydrogens is 276 g/mol. The van der Waals surface area contributed by atoms with Gasteiger partial charge in [-0.05, 0) is 5.92 Å². The van der Waals surface area contributed by atoms with Crippen molar-refractivity contribution in [3.8, 4) is 0 Å². The van der Waals surface area contributed by atoms with Gasteiger partial charge in [0, 0.05) is 0 Å². The Bertz CT molecular complexity index is 196. The quantitative estimate of drug-likeness (QED) is 0.208. The van der Waals surface area contributed by atoms with Crippen LogP contribution in [0.1, 0.15) is 136 Å². The Labute approximate surface area is 149 Å². The Kier molecular flexibility index (Phi) is 20.0. The van der Waals surface area contributed by atoms with E-state index in [2.05, 4.69) is 20.8 Å². The van der Waals surface area contributed by atoms with Crippen molar-refractivity contribution >= 4 is 0 Å². The fourth-order valence-corrected chi connectivity index (χ4v) is 3.65. The molecule has 0 aliphatic heterocycles. The van der Waals surface area contributed by atoms with Crippen LogP contribution in [0.3, 0.4) is 0 Å². The molecule has 0 heterocycles. The normalized spacial score (nSPS) is 12.7. The minimum atomic E-state index is 1.02. The molecule has 0 aliphatic rings. The van der Waals surface area contributed by atoms with Crippen LogP contribution in [0.2, 0.25) is 0 Å². The smallest absolute Gasteiger partial charge is 0.0414 e. The molecule has 0 saturated heterocycles. The van der Waals surface area contributed by atoms with Gasteiger partial charge in [-0.15, -0.1) is 0 Å². The van der Waals surface area contributed by atoms with Crippen molar-refractivity contribution in [3.05, 3.63) is 6.92 Å². The van der Waals surface area contributed by atoms with E-state index >= 15 is 0 Å². The Hall–Kier alpha value is 0. The van der Waals surface area contributed by atoms with Crippen molar-refractivity contribution in [3.63, 3.8) is 0 Å². The highest BCUT2D eigenvalue weighted by atomic mass is 14.1. The Balaban J connectivity index is 3.56. The third kappa shape index (κ3) is 18.2. The van der Waals surface area contributed by atoms with Gasteiger partial charge in [-0.25, -0.2) is 0 Å². The van der Waals surface area contributed by atoms with Gasteiger partial charge in [0.05, 0.1) is 0 Å². The molecule has 0 aromatic rings. The van der Waals surface area contributed by atoms with E-state index in [1.54, 1.807) is 0 Å². The zero-order valence-corrected chi connectivity index (χ0v) is 16.7. The van der Waals surface area contributed by atoms with Crippen LogP contribution in [0.25, 0.3) is 0 Å². The van der Waals surface area contributed by atoms with Gasteiger partial charge in [-0.1, -0.05) is 143 Å². The highest BCUT2D eigenvalue weighted by Crippen LogP contribution is 2.24. The summed E-state index contributed by atoms with van der Waals surface area (Å²) in [6.07, 6.45) is 27.2. The minimum absolute atomic E-state index is 1.02. The maximum atomic E-state index is 3.96. The molecular formula is C23H47. The molecule has 0 aromatic heterocycles. The van der Waals surface area contributed by atoms with Crippen LogP contribution >= 0.6 is 0 Å². The van der Waals surface area contributed by atoms with E-state index in [-0.39, 0.29) is 0 Å². The van der Waals surface area contributed by atoms with Gasteiger partial charge in [-0.2, -0.15) is 0 Å². The van der Waals surface area contributed by atoms with E-state index in [9.17, 15) is 0 Å². The average Bonchev–Trinajstić information content (AvgIpc) is 2.56. The Morgan fingerprint density at radius 3 is 1.30 bits per heavy atom. The molecule has 0 nitrogen and oxygen atoms in total. The molecule has 0 amide bonds. The van der Waals surface area contributed by atoms with Crippen molar-refractivity contribution in [1.29, 1.82) is 0 Å². The lowest BCUT2D eigenvalue weighted by molar-refractivity contribution is 0.369. The lowest BCUT2D eigenvalue weighted by atomic mass is 9.90. The standard InChI is InChI=1S/C23H47/c1-4-7-10-12-13-14-15-16-19-22-23(20-17-9-6-3)21-18-11-8-5-2/h23H,2,4-22H2,1,3H3. The van der Waals surface area contributed by atoms with Crippen LogP contribution in [0.15, 0.2) is 0 Å². The second-order valence-corrected chi connectivity index (χ2v) is 7.68. The first-order valence-electron chi connectivity index (χ1n) is 11.1. The van der Waals surface area contributed by atoms with E-state index < -0.39 is 0 Å². The van der Waals surface area contributed by atoms with Crippen molar-refractivity contribution in [2.24, 2.45) is 5.92 Å². The SMILES string of the molecule is [CH2]CCCCCC(CCCCC)CCCCCCCCCCC. The van der Waals surface area contributed by atoms with Crippen LogP contribution in [0.4, 0.5) is 0 Å². The summed E-state index contributed by atoms with van der Waals surface area (Å²) in [7, 11) is 0. The van der Waals surface area contributed by atoms with Gasteiger partial charge >= 0.3 is 0 Å². The average molecular weight is 324 g/mol. The zero-order valence-electron chi connectivity index (χ0n) is 16.7. The number of hydrogen-bond donors (Lipinski definition) is 0. The third-order valence-corrected chi connectivity index (χ3v) is 5.29. The van der Waals surface area contributed by atoms with Crippen molar-refractivity contribution in [2.75, 3.05) is 0 Å². The molecule has 23 heavy (non-hydrogen) atoms. The van der Waals surface area contributed by atoms with E-state index in [0.717, 1.165) is 12.3 Å². The first-order chi connectivity index (χ1) is 11.3. The summed E-state index contributed by atoms with van der Waals surface area (Å²) in [5.74, 6) is 1.02. The molecule has 139 valence electrons. The predicted octanol–water partition coefficient (Wildman–Crippen LogP) is 8.89. The monoisotopic (exact) mass is 323 g/mol. The summed E-state index contributed by atoms with van der Waals surface area (Å²) in [6.45, 7) is 8.59. The maximum Gasteiger partial charge on any atom is -0.0414 e. The third-order valence-electron chi connectivity index (χ3n) is 5.29. The number of hydrogen-bond acceptors (Lipinski definition) is 0. The summed E-state index contributed by atoms with van der Waals surface area (Å²) in [5.41, 5.74) is 0. The number of rotatable bonds is 19. The van der Waals surface area contributed by atoms with Crippen LogP contribution in [0, 0.1) is 12.8 Å². The van der Waals surface area contributed by atoms with Gasteiger partial charge < -0.3 is 0 Å². The molecule has 1 radical (unpaired) electrons. The Morgan fingerprint density at radius 1 is 0.478 bits per heavy atom. The summed E-state index contributed by atoms with van der Waals surface area (Å²) in [4.78, 5) is 0. The van der Waals surface area contributed by atoms with Gasteiger partial charge in [-0.3, -0.25) is 0 Å². The molecule has 0 N–H and O–H groups in total. The molecule has 0 rings (SSSR count). The fraction of sp³-hybridized carbons (Fsp3) is 0.957. The molecule has 0 aliphatic carbocycles. The van der Waals surface area contributed by atoms with E-state index in [1.807, 2.05) is 0 Å². The molecule has 0 spiro atoms. The van der Waals surface area contributed by atoms with E-state index in [4.69, 9.17) is 0 Å². The van der Waals surface area contributed by atoms with E-state index in [0.29, 0.717) is 0 Å². The van der Waals surface area contributed by atoms with E-state index in [1.165, 1.54) is 116 Å². The summed E-state index contributed by atoms with van der Waals surface area (Å²) < 4.78 is 0.